The zero-order valence-corrected chi connectivity index (χ0v) is 17.3. The molecule has 0 bridgehead atoms. The third-order valence-corrected chi connectivity index (χ3v) is 5.38. The second-order valence-corrected chi connectivity index (χ2v) is 7.49. The molecule has 0 saturated carbocycles. The minimum atomic E-state index is -0.715. The molecule has 4 rings (SSSR count). The molecule has 0 radical (unpaired) electrons. The molecule has 1 unspecified atom stereocenters. The highest BCUT2D eigenvalue weighted by Gasteiger charge is 2.44. The lowest BCUT2D eigenvalue weighted by atomic mass is 9.95. The van der Waals surface area contributed by atoms with Crippen molar-refractivity contribution in [2.45, 2.75) is 19.4 Å². The SMILES string of the molecule is CCCN1C(=O)C(O)=C(C(=O)c2cc3cc(Cl)ccc3o2)C1c1ccc(OC)cc1. The lowest BCUT2D eigenvalue weighted by Gasteiger charge is -2.26. The number of hydrogen-bond acceptors (Lipinski definition) is 5. The van der Waals surface area contributed by atoms with Crippen molar-refractivity contribution >= 4 is 34.3 Å². The van der Waals surface area contributed by atoms with Gasteiger partial charge in [-0.05, 0) is 48.4 Å². The van der Waals surface area contributed by atoms with Crippen LogP contribution in [0, 0.1) is 0 Å². The van der Waals surface area contributed by atoms with Gasteiger partial charge < -0.3 is 19.2 Å². The van der Waals surface area contributed by atoms with Gasteiger partial charge >= 0.3 is 0 Å². The Morgan fingerprint density at radius 2 is 1.93 bits per heavy atom. The average Bonchev–Trinajstić information content (AvgIpc) is 3.28. The zero-order chi connectivity index (χ0) is 21.4. The summed E-state index contributed by atoms with van der Waals surface area (Å²) in [6.07, 6.45) is 0.677. The van der Waals surface area contributed by atoms with E-state index in [-0.39, 0.29) is 11.3 Å². The Labute approximate surface area is 178 Å². The van der Waals surface area contributed by atoms with E-state index in [2.05, 4.69) is 0 Å². The van der Waals surface area contributed by atoms with Gasteiger partial charge in [0.05, 0.1) is 18.7 Å². The molecule has 0 saturated heterocycles. The molecule has 3 aromatic rings. The van der Waals surface area contributed by atoms with Gasteiger partial charge in [0.1, 0.15) is 11.3 Å². The van der Waals surface area contributed by atoms with Crippen molar-refractivity contribution in [1.82, 2.24) is 4.90 Å². The Morgan fingerprint density at radius 1 is 1.20 bits per heavy atom. The van der Waals surface area contributed by atoms with Crippen molar-refractivity contribution < 1.29 is 23.8 Å². The van der Waals surface area contributed by atoms with Crippen LogP contribution in [0.1, 0.15) is 35.5 Å². The average molecular weight is 426 g/mol. The second kappa shape index (κ2) is 7.88. The Balaban J connectivity index is 1.80. The minimum absolute atomic E-state index is 0.00349. The summed E-state index contributed by atoms with van der Waals surface area (Å²) in [5, 5.41) is 11.8. The van der Waals surface area contributed by atoms with Crippen molar-refractivity contribution in [1.29, 1.82) is 0 Å². The summed E-state index contributed by atoms with van der Waals surface area (Å²) in [4.78, 5) is 27.6. The Hall–Kier alpha value is -3.25. The Bertz CT molecular complexity index is 1160. The van der Waals surface area contributed by atoms with Gasteiger partial charge in [-0.15, -0.1) is 0 Å². The van der Waals surface area contributed by atoms with Crippen molar-refractivity contribution in [2.75, 3.05) is 13.7 Å². The molecule has 1 aliphatic heterocycles. The number of carbonyl (C=O) groups excluding carboxylic acids is 2. The maximum atomic E-state index is 13.4. The molecule has 0 aliphatic carbocycles. The van der Waals surface area contributed by atoms with E-state index in [1.165, 1.54) is 4.90 Å². The normalized spacial score (nSPS) is 16.6. The fraction of sp³-hybridized carbons (Fsp3) is 0.217. The number of fused-ring (bicyclic) bond motifs is 1. The fourth-order valence-electron chi connectivity index (χ4n) is 3.75. The Morgan fingerprint density at radius 3 is 2.60 bits per heavy atom. The number of aliphatic hydroxyl groups excluding tert-OH is 1. The number of benzene rings is 2. The number of Topliss-reactive ketones (excluding diaryl/α,β-unsaturated/α-hetero) is 1. The van der Waals surface area contributed by atoms with Crippen LogP contribution < -0.4 is 4.74 Å². The molecule has 154 valence electrons. The van der Waals surface area contributed by atoms with E-state index in [0.717, 1.165) is 0 Å². The molecule has 0 fully saturated rings. The lowest BCUT2D eigenvalue weighted by molar-refractivity contribution is -0.129. The van der Waals surface area contributed by atoms with Crippen molar-refractivity contribution in [3.63, 3.8) is 0 Å². The van der Waals surface area contributed by atoms with Crippen LogP contribution >= 0.6 is 11.6 Å². The lowest BCUT2D eigenvalue weighted by Crippen LogP contribution is -2.31. The molecular formula is C23H20ClNO5. The third-order valence-electron chi connectivity index (χ3n) is 5.15. The largest absolute Gasteiger partial charge is 0.503 e. The molecule has 6 nitrogen and oxygen atoms in total. The molecule has 7 heteroatoms. The van der Waals surface area contributed by atoms with Gasteiger partial charge in [-0.2, -0.15) is 0 Å². The maximum Gasteiger partial charge on any atom is 0.290 e. The second-order valence-electron chi connectivity index (χ2n) is 7.06. The number of carbonyl (C=O) groups is 2. The quantitative estimate of drug-likeness (QED) is 0.557. The number of halogens is 1. The minimum Gasteiger partial charge on any atom is -0.503 e. The first-order chi connectivity index (χ1) is 14.4. The van der Waals surface area contributed by atoms with Crippen molar-refractivity contribution in [3.8, 4) is 5.75 Å². The van der Waals surface area contributed by atoms with E-state index >= 15 is 0 Å². The predicted molar refractivity (Wildman–Crippen MR) is 113 cm³/mol. The van der Waals surface area contributed by atoms with Gasteiger partial charge in [0.2, 0.25) is 5.78 Å². The summed E-state index contributed by atoms with van der Waals surface area (Å²) >= 11 is 6.02. The van der Waals surface area contributed by atoms with Gasteiger partial charge in [-0.1, -0.05) is 30.7 Å². The van der Waals surface area contributed by atoms with Gasteiger partial charge in [-0.3, -0.25) is 9.59 Å². The highest BCUT2D eigenvalue weighted by molar-refractivity contribution is 6.31. The summed E-state index contributed by atoms with van der Waals surface area (Å²) in [5.41, 5.74) is 1.20. The van der Waals surface area contributed by atoms with Gasteiger partial charge in [0.15, 0.2) is 11.5 Å². The van der Waals surface area contributed by atoms with Crippen molar-refractivity contribution in [2.24, 2.45) is 0 Å². The van der Waals surface area contributed by atoms with Crippen LogP contribution in [0.4, 0.5) is 0 Å². The summed E-state index contributed by atoms with van der Waals surface area (Å²) in [7, 11) is 1.56. The summed E-state index contributed by atoms with van der Waals surface area (Å²) < 4.78 is 10.9. The summed E-state index contributed by atoms with van der Waals surface area (Å²) in [6.45, 7) is 2.32. The molecule has 2 aromatic carbocycles. The number of rotatable bonds is 6. The monoisotopic (exact) mass is 425 g/mol. The molecule has 30 heavy (non-hydrogen) atoms. The molecule has 1 aromatic heterocycles. The first kappa shape index (κ1) is 20.0. The number of hydrogen-bond donors (Lipinski definition) is 1. The van der Waals surface area contributed by atoms with Crippen LogP contribution in [0.3, 0.4) is 0 Å². The topological polar surface area (TPSA) is 80.0 Å². The predicted octanol–water partition coefficient (Wildman–Crippen LogP) is 5.08. The van der Waals surface area contributed by atoms with E-state index in [1.54, 1.807) is 55.6 Å². The molecule has 1 atom stereocenters. The Kier molecular flexibility index (Phi) is 5.26. The number of ether oxygens (including phenoxy) is 1. The first-order valence-corrected chi connectivity index (χ1v) is 9.94. The molecule has 1 N–H and O–H groups in total. The van der Waals surface area contributed by atoms with E-state index in [4.69, 9.17) is 20.8 Å². The van der Waals surface area contributed by atoms with Crippen LogP contribution in [-0.2, 0) is 4.79 Å². The third kappa shape index (κ3) is 3.33. The molecule has 1 amide bonds. The number of amides is 1. The molecule has 2 heterocycles. The van der Waals surface area contributed by atoms with E-state index < -0.39 is 23.5 Å². The number of furan rings is 1. The summed E-state index contributed by atoms with van der Waals surface area (Å²) in [6, 6.07) is 13.0. The molecule has 1 aliphatic rings. The number of aliphatic hydroxyl groups is 1. The van der Waals surface area contributed by atoms with E-state index in [9.17, 15) is 14.7 Å². The van der Waals surface area contributed by atoms with Crippen LogP contribution in [0.2, 0.25) is 5.02 Å². The molecular weight excluding hydrogens is 406 g/mol. The highest BCUT2D eigenvalue weighted by Crippen LogP contribution is 2.40. The maximum absolute atomic E-state index is 13.4. The van der Waals surface area contributed by atoms with Crippen LogP contribution in [0.15, 0.2) is 64.3 Å². The number of ketones is 1. The van der Waals surface area contributed by atoms with Gasteiger partial charge in [0, 0.05) is 17.0 Å². The van der Waals surface area contributed by atoms with Crippen LogP contribution in [0.5, 0.6) is 5.75 Å². The smallest absolute Gasteiger partial charge is 0.290 e. The van der Waals surface area contributed by atoms with Crippen molar-refractivity contribution in [3.05, 3.63) is 76.2 Å². The van der Waals surface area contributed by atoms with E-state index in [0.29, 0.717) is 40.3 Å². The standard InChI is InChI=1S/C23H20ClNO5/c1-3-10-25-20(13-4-7-16(29-2)8-5-13)19(22(27)23(25)28)21(26)18-12-14-11-15(24)6-9-17(14)30-18/h4-9,11-12,20,27H,3,10H2,1-2H3. The first-order valence-electron chi connectivity index (χ1n) is 9.56. The number of nitrogens with zero attached hydrogens (tertiary/aromatic N) is 1. The zero-order valence-electron chi connectivity index (χ0n) is 16.5. The molecule has 0 spiro atoms. The van der Waals surface area contributed by atoms with Crippen LogP contribution in [-0.4, -0.2) is 35.4 Å². The number of methoxy groups -OCH3 is 1. The summed E-state index contributed by atoms with van der Waals surface area (Å²) in [5.74, 6) is -0.959. The van der Waals surface area contributed by atoms with Crippen LogP contribution in [0.25, 0.3) is 11.0 Å². The van der Waals surface area contributed by atoms with Gasteiger partial charge in [-0.25, -0.2) is 0 Å². The fourth-order valence-corrected chi connectivity index (χ4v) is 3.93. The van der Waals surface area contributed by atoms with Gasteiger partial charge in [0.25, 0.3) is 5.91 Å². The highest BCUT2D eigenvalue weighted by atomic mass is 35.5. The van der Waals surface area contributed by atoms with E-state index in [1.807, 2.05) is 6.92 Å².